The maximum absolute atomic E-state index is 10.9. The van der Waals surface area contributed by atoms with Gasteiger partial charge in [0, 0.05) is 18.6 Å². The molecule has 1 atom stereocenters. The number of hydrogen-bond acceptors (Lipinski definition) is 4. The first-order valence-electron chi connectivity index (χ1n) is 6.88. The Balaban J connectivity index is 2.08. The second-order valence-corrected chi connectivity index (χ2v) is 5.93. The van der Waals surface area contributed by atoms with Gasteiger partial charge < -0.3 is 4.74 Å². The summed E-state index contributed by atoms with van der Waals surface area (Å²) in [7, 11) is -4.49. The predicted octanol–water partition coefficient (Wildman–Crippen LogP) is 0.899. The highest BCUT2D eigenvalue weighted by atomic mass is 32.3. The van der Waals surface area contributed by atoms with E-state index in [2.05, 4.69) is 10.2 Å². The summed E-state index contributed by atoms with van der Waals surface area (Å²) in [4.78, 5) is 0. The Kier molecular flexibility index (Phi) is 5.46. The molecule has 1 aromatic rings. The third-order valence-corrected chi connectivity index (χ3v) is 3.76. The Bertz CT molecular complexity index is 612. The number of nitrogens with zero attached hydrogens (tertiary/aromatic N) is 1. The molecule has 0 amide bonds. The topological polar surface area (TPSA) is 75.8 Å². The molecule has 0 saturated heterocycles. The molecule has 0 aromatic heterocycles. The monoisotopic (exact) mass is 314 g/mol. The normalized spacial score (nSPS) is 16.2. The van der Waals surface area contributed by atoms with Crippen LogP contribution in [0.1, 0.15) is 18.1 Å². The van der Waals surface area contributed by atoms with Gasteiger partial charge in [-0.25, -0.2) is 8.76 Å². The first-order chi connectivity index (χ1) is 9.98. The summed E-state index contributed by atoms with van der Waals surface area (Å²) in [5.41, 5.74) is 2.39. The van der Waals surface area contributed by atoms with Gasteiger partial charge in [0.25, 0.3) is 0 Å². The first kappa shape index (κ1) is 16.1. The minimum atomic E-state index is -4.49. The highest BCUT2D eigenvalue weighted by Gasteiger charge is 2.25. The Morgan fingerprint density at radius 3 is 2.86 bits per heavy atom. The second-order valence-electron chi connectivity index (χ2n) is 4.88. The highest BCUT2D eigenvalue weighted by Crippen LogP contribution is 2.12. The molecule has 1 aromatic carbocycles. The van der Waals surface area contributed by atoms with E-state index in [0.717, 1.165) is 18.5 Å². The van der Waals surface area contributed by atoms with Crippen LogP contribution in [0, 0.1) is 0 Å². The number of hydrogen-bond donors (Lipinski definition) is 1. The zero-order chi connectivity index (χ0) is 15.3. The standard InChI is InChI=1S/C14H19NO5S/c1-2-19-11-14(20-21(16,17)18)10-15-8-7-12-5-3-4-6-13(12)9-15/h3-6,9,14H,2,7-8,10-11H2,1H3/p+1. The molecule has 0 saturated carbocycles. The van der Waals surface area contributed by atoms with Crippen LogP contribution >= 0.6 is 0 Å². The van der Waals surface area contributed by atoms with Crippen molar-refractivity contribution < 1.29 is 26.5 Å². The van der Waals surface area contributed by atoms with Crippen molar-refractivity contribution in [1.29, 1.82) is 0 Å². The van der Waals surface area contributed by atoms with Crippen molar-refractivity contribution in [1.82, 2.24) is 0 Å². The van der Waals surface area contributed by atoms with Crippen molar-refractivity contribution in [3.8, 4) is 0 Å². The summed E-state index contributed by atoms with van der Waals surface area (Å²) in [6.07, 6.45) is 2.13. The lowest BCUT2D eigenvalue weighted by Crippen LogP contribution is -2.36. The van der Waals surface area contributed by atoms with Gasteiger partial charge in [-0.3, -0.25) is 4.55 Å². The van der Waals surface area contributed by atoms with Gasteiger partial charge in [0.2, 0.25) is 0 Å². The molecule has 0 spiro atoms. The van der Waals surface area contributed by atoms with E-state index in [-0.39, 0.29) is 6.61 Å². The predicted molar refractivity (Wildman–Crippen MR) is 78.2 cm³/mol. The fourth-order valence-corrected chi connectivity index (χ4v) is 2.81. The zero-order valence-corrected chi connectivity index (χ0v) is 12.8. The maximum Gasteiger partial charge on any atom is 0.397 e. The van der Waals surface area contributed by atoms with Gasteiger partial charge in [-0.15, -0.1) is 0 Å². The van der Waals surface area contributed by atoms with E-state index in [0.29, 0.717) is 13.2 Å². The fourth-order valence-electron chi connectivity index (χ4n) is 2.35. The van der Waals surface area contributed by atoms with Crippen molar-refractivity contribution in [2.24, 2.45) is 0 Å². The summed E-state index contributed by atoms with van der Waals surface area (Å²) in [6, 6.07) is 8.06. The van der Waals surface area contributed by atoms with Gasteiger partial charge in [0.1, 0.15) is 6.54 Å². The number of benzene rings is 1. The lowest BCUT2D eigenvalue weighted by atomic mass is 10.0. The largest absolute Gasteiger partial charge is 0.397 e. The number of fused-ring (bicyclic) bond motifs is 1. The Hall–Kier alpha value is -1.28. The molecule has 1 aliphatic heterocycles. The highest BCUT2D eigenvalue weighted by molar-refractivity contribution is 7.80. The van der Waals surface area contributed by atoms with Crippen LogP contribution < -0.4 is 0 Å². The Morgan fingerprint density at radius 2 is 2.14 bits per heavy atom. The Labute approximate surface area is 125 Å². The van der Waals surface area contributed by atoms with Crippen LogP contribution in [0.15, 0.2) is 24.3 Å². The molecular formula is C14H20NO5S+. The molecule has 0 aliphatic carbocycles. The fraction of sp³-hybridized carbons (Fsp3) is 0.500. The summed E-state index contributed by atoms with van der Waals surface area (Å²) < 4.78 is 42.5. The molecule has 0 fully saturated rings. The van der Waals surface area contributed by atoms with Gasteiger partial charge in [-0.1, -0.05) is 18.2 Å². The second kappa shape index (κ2) is 7.13. The number of ether oxygens (including phenoxy) is 1. The number of rotatable bonds is 7. The van der Waals surface area contributed by atoms with E-state index in [9.17, 15) is 8.42 Å². The molecule has 1 heterocycles. The van der Waals surface area contributed by atoms with Crippen LogP contribution in [-0.2, 0) is 25.7 Å². The van der Waals surface area contributed by atoms with Crippen LogP contribution in [0.3, 0.4) is 0 Å². The molecule has 1 N–H and O–H groups in total. The molecule has 6 nitrogen and oxygen atoms in total. The van der Waals surface area contributed by atoms with Gasteiger partial charge in [-0.2, -0.15) is 8.42 Å². The van der Waals surface area contributed by atoms with Crippen molar-refractivity contribution in [2.75, 3.05) is 26.3 Å². The molecule has 116 valence electrons. The van der Waals surface area contributed by atoms with Gasteiger partial charge in [-0.05, 0) is 18.6 Å². The SMILES string of the molecule is CCOCC(C[N+]1=Cc2ccccc2CC1)OS(=O)(=O)O. The van der Waals surface area contributed by atoms with Crippen LogP contribution in [0.2, 0.25) is 0 Å². The van der Waals surface area contributed by atoms with E-state index in [4.69, 9.17) is 9.29 Å². The minimum absolute atomic E-state index is 0.113. The van der Waals surface area contributed by atoms with Crippen molar-refractivity contribution in [3.63, 3.8) is 0 Å². The average molecular weight is 314 g/mol. The maximum atomic E-state index is 10.9. The molecular weight excluding hydrogens is 294 g/mol. The molecule has 1 aliphatic rings. The van der Waals surface area contributed by atoms with Crippen LogP contribution in [0.5, 0.6) is 0 Å². The molecule has 0 radical (unpaired) electrons. The lowest BCUT2D eigenvalue weighted by Gasteiger charge is -2.17. The molecule has 1 unspecified atom stereocenters. The quantitative estimate of drug-likeness (QED) is 0.598. The van der Waals surface area contributed by atoms with E-state index in [1.165, 1.54) is 5.56 Å². The average Bonchev–Trinajstić information content (AvgIpc) is 2.43. The van der Waals surface area contributed by atoms with E-state index in [1.54, 1.807) is 0 Å². The van der Waals surface area contributed by atoms with E-state index < -0.39 is 16.5 Å². The summed E-state index contributed by atoms with van der Waals surface area (Å²) >= 11 is 0. The van der Waals surface area contributed by atoms with Crippen LogP contribution in [0.25, 0.3) is 0 Å². The van der Waals surface area contributed by atoms with E-state index >= 15 is 0 Å². The van der Waals surface area contributed by atoms with Crippen molar-refractivity contribution in [3.05, 3.63) is 35.4 Å². The third-order valence-electron chi connectivity index (χ3n) is 3.25. The molecule has 2 rings (SSSR count). The summed E-state index contributed by atoms with van der Waals surface area (Å²) in [5, 5.41) is 0. The van der Waals surface area contributed by atoms with E-state index in [1.807, 2.05) is 35.9 Å². The smallest absolute Gasteiger partial charge is 0.379 e. The van der Waals surface area contributed by atoms with Crippen LogP contribution in [0.4, 0.5) is 0 Å². The summed E-state index contributed by atoms with van der Waals surface area (Å²) in [6.45, 7) is 3.50. The van der Waals surface area contributed by atoms with Crippen molar-refractivity contribution in [2.45, 2.75) is 19.4 Å². The zero-order valence-electron chi connectivity index (χ0n) is 11.9. The molecule has 0 bridgehead atoms. The van der Waals surface area contributed by atoms with Gasteiger partial charge in [0.05, 0.1) is 6.61 Å². The minimum Gasteiger partial charge on any atom is -0.379 e. The van der Waals surface area contributed by atoms with Crippen LogP contribution in [-0.4, -0.2) is 56.2 Å². The Morgan fingerprint density at radius 1 is 1.38 bits per heavy atom. The summed E-state index contributed by atoms with van der Waals surface area (Å²) in [5.74, 6) is 0. The van der Waals surface area contributed by atoms with Gasteiger partial charge in [0.15, 0.2) is 18.9 Å². The van der Waals surface area contributed by atoms with Gasteiger partial charge >= 0.3 is 10.4 Å². The first-order valence-corrected chi connectivity index (χ1v) is 8.24. The molecule has 21 heavy (non-hydrogen) atoms. The third kappa shape index (κ3) is 5.20. The van der Waals surface area contributed by atoms with Crippen molar-refractivity contribution >= 4 is 16.6 Å². The lowest BCUT2D eigenvalue weighted by molar-refractivity contribution is -0.532. The molecule has 7 heteroatoms.